The van der Waals surface area contributed by atoms with Crippen LogP contribution in [-0.2, 0) is 25.5 Å². The van der Waals surface area contributed by atoms with Gasteiger partial charge >= 0.3 is 5.97 Å². The number of aldehydes is 1. The van der Waals surface area contributed by atoms with Gasteiger partial charge in [0.25, 0.3) is 0 Å². The first-order chi connectivity index (χ1) is 9.67. The van der Waals surface area contributed by atoms with Crippen molar-refractivity contribution < 1.29 is 19.1 Å². The maximum atomic E-state index is 11.7. The Morgan fingerprint density at radius 3 is 2.60 bits per heavy atom. The molecule has 0 spiro atoms. The van der Waals surface area contributed by atoms with Gasteiger partial charge in [-0.3, -0.25) is 4.79 Å². The molecule has 0 saturated carbocycles. The van der Waals surface area contributed by atoms with Gasteiger partial charge in [0.1, 0.15) is 12.3 Å². The Balaban J connectivity index is 2.58. The van der Waals surface area contributed by atoms with Crippen molar-refractivity contribution in [3.63, 3.8) is 0 Å². The molecule has 20 heavy (non-hydrogen) atoms. The maximum Gasteiger partial charge on any atom is 0.328 e. The van der Waals surface area contributed by atoms with Crippen LogP contribution >= 0.6 is 0 Å². The summed E-state index contributed by atoms with van der Waals surface area (Å²) < 4.78 is 4.70. The van der Waals surface area contributed by atoms with Crippen LogP contribution in [0.5, 0.6) is 0 Å². The van der Waals surface area contributed by atoms with Gasteiger partial charge in [-0.2, -0.15) is 0 Å². The van der Waals surface area contributed by atoms with Crippen molar-refractivity contribution in [1.82, 2.24) is 5.32 Å². The van der Waals surface area contributed by atoms with Gasteiger partial charge in [-0.25, -0.2) is 4.79 Å². The number of hydrogen-bond donors (Lipinski definition) is 1. The lowest BCUT2D eigenvalue weighted by Crippen LogP contribution is -2.43. The molecule has 0 bridgehead atoms. The van der Waals surface area contributed by atoms with Gasteiger partial charge in [0.15, 0.2) is 0 Å². The number of carbonyl (C=O) groups is 3. The zero-order valence-corrected chi connectivity index (χ0v) is 11.5. The molecule has 5 heteroatoms. The Hall–Kier alpha value is -2.17. The number of carbonyl (C=O) groups excluding carboxylic acids is 3. The van der Waals surface area contributed by atoms with Crippen molar-refractivity contribution >= 4 is 18.2 Å². The molecule has 0 aromatic heterocycles. The van der Waals surface area contributed by atoms with E-state index >= 15 is 0 Å². The third kappa shape index (κ3) is 5.65. The number of esters is 1. The summed E-state index contributed by atoms with van der Waals surface area (Å²) in [6.45, 7) is 0. The lowest BCUT2D eigenvalue weighted by Gasteiger charge is -2.16. The molecule has 0 radical (unpaired) electrons. The van der Waals surface area contributed by atoms with E-state index in [4.69, 9.17) is 4.74 Å². The van der Waals surface area contributed by atoms with Crippen molar-refractivity contribution in [3.8, 4) is 0 Å². The summed E-state index contributed by atoms with van der Waals surface area (Å²) in [6, 6.07) is 8.69. The fourth-order valence-electron chi connectivity index (χ4n) is 1.80. The Labute approximate surface area is 118 Å². The monoisotopic (exact) mass is 277 g/mol. The largest absolute Gasteiger partial charge is 0.467 e. The van der Waals surface area contributed by atoms with Gasteiger partial charge in [-0.05, 0) is 12.0 Å². The van der Waals surface area contributed by atoms with Crippen LogP contribution in [0.15, 0.2) is 30.3 Å². The summed E-state index contributed by atoms with van der Waals surface area (Å²) >= 11 is 0. The van der Waals surface area contributed by atoms with Crippen molar-refractivity contribution in [2.45, 2.75) is 31.7 Å². The third-order valence-electron chi connectivity index (χ3n) is 2.83. The van der Waals surface area contributed by atoms with Crippen molar-refractivity contribution in [3.05, 3.63) is 35.9 Å². The Morgan fingerprint density at radius 1 is 1.30 bits per heavy atom. The number of benzene rings is 1. The second kappa shape index (κ2) is 8.85. The number of amides is 1. The summed E-state index contributed by atoms with van der Waals surface area (Å²) in [7, 11) is 1.29. The zero-order valence-electron chi connectivity index (χ0n) is 11.5. The number of unbranched alkanes of at least 4 members (excludes halogenated alkanes) is 1. The van der Waals surface area contributed by atoms with Crippen LogP contribution in [0, 0.1) is 0 Å². The molecule has 1 N–H and O–H groups in total. The lowest BCUT2D eigenvalue weighted by molar-refractivity contribution is -0.145. The van der Waals surface area contributed by atoms with E-state index in [1.807, 2.05) is 30.3 Å². The number of methoxy groups -OCH3 is 1. The number of rotatable bonds is 8. The molecule has 1 unspecified atom stereocenters. The summed E-state index contributed by atoms with van der Waals surface area (Å²) in [5.74, 6) is -0.726. The van der Waals surface area contributed by atoms with Crippen LogP contribution in [0.4, 0.5) is 0 Å². The maximum absolute atomic E-state index is 11.7. The first-order valence-electron chi connectivity index (χ1n) is 6.52. The molecule has 0 aliphatic carbocycles. The summed E-state index contributed by atoms with van der Waals surface area (Å²) in [6.07, 6.45) is 2.20. The Morgan fingerprint density at radius 2 is 2.00 bits per heavy atom. The van der Waals surface area contributed by atoms with Gasteiger partial charge in [0.2, 0.25) is 5.91 Å². The zero-order chi connectivity index (χ0) is 14.8. The topological polar surface area (TPSA) is 72.5 Å². The van der Waals surface area contributed by atoms with E-state index in [9.17, 15) is 14.4 Å². The highest BCUT2D eigenvalue weighted by atomic mass is 16.5. The van der Waals surface area contributed by atoms with Crippen LogP contribution in [0.3, 0.4) is 0 Å². The average molecular weight is 277 g/mol. The normalized spacial score (nSPS) is 11.4. The highest BCUT2D eigenvalue weighted by molar-refractivity contribution is 5.84. The number of nitrogens with one attached hydrogen (secondary N) is 1. The molecule has 0 heterocycles. The molecule has 1 aromatic rings. The molecular formula is C15H19NO4. The molecule has 1 amide bonds. The lowest BCUT2D eigenvalue weighted by atomic mass is 10.1. The van der Waals surface area contributed by atoms with Gasteiger partial charge in [0.05, 0.1) is 7.11 Å². The molecule has 108 valence electrons. The van der Waals surface area contributed by atoms with Crippen LogP contribution in [-0.4, -0.2) is 31.3 Å². The van der Waals surface area contributed by atoms with E-state index in [2.05, 4.69) is 5.32 Å². The molecule has 5 nitrogen and oxygen atoms in total. The summed E-state index contributed by atoms with van der Waals surface area (Å²) in [4.78, 5) is 33.6. The predicted molar refractivity (Wildman–Crippen MR) is 74.0 cm³/mol. The van der Waals surface area contributed by atoms with Crippen LogP contribution in [0.25, 0.3) is 0 Å². The van der Waals surface area contributed by atoms with Gasteiger partial charge in [-0.15, -0.1) is 0 Å². The molecule has 1 aromatic carbocycles. The fourth-order valence-corrected chi connectivity index (χ4v) is 1.80. The van der Waals surface area contributed by atoms with Crippen molar-refractivity contribution in [2.24, 2.45) is 0 Å². The van der Waals surface area contributed by atoms with E-state index in [1.54, 1.807) is 0 Å². The van der Waals surface area contributed by atoms with Crippen molar-refractivity contribution in [1.29, 1.82) is 0 Å². The van der Waals surface area contributed by atoms with E-state index in [0.717, 1.165) is 11.8 Å². The second-order valence-electron chi connectivity index (χ2n) is 4.39. The third-order valence-corrected chi connectivity index (χ3v) is 2.83. The SMILES string of the molecule is COC(=O)C(Cc1ccccc1)NC(=O)CCCC=O. The van der Waals surface area contributed by atoms with Crippen molar-refractivity contribution in [2.75, 3.05) is 7.11 Å². The predicted octanol–water partition coefficient (Wildman–Crippen LogP) is 1.26. The van der Waals surface area contributed by atoms with E-state index in [-0.39, 0.29) is 12.3 Å². The molecule has 0 aliphatic heterocycles. The van der Waals surface area contributed by atoms with Crippen LogP contribution in [0.1, 0.15) is 24.8 Å². The second-order valence-corrected chi connectivity index (χ2v) is 4.39. The van der Waals surface area contributed by atoms with Crippen LogP contribution < -0.4 is 5.32 Å². The summed E-state index contributed by atoms with van der Waals surface area (Å²) in [5, 5.41) is 2.65. The van der Waals surface area contributed by atoms with Gasteiger partial charge in [0, 0.05) is 19.3 Å². The molecule has 1 rings (SSSR count). The minimum absolute atomic E-state index is 0.223. The van der Waals surface area contributed by atoms with Crippen LogP contribution in [0.2, 0.25) is 0 Å². The van der Waals surface area contributed by atoms with E-state index < -0.39 is 12.0 Å². The Bertz CT molecular complexity index is 444. The van der Waals surface area contributed by atoms with Gasteiger partial charge < -0.3 is 14.8 Å². The standard InChI is InChI=1S/C15H19NO4/c1-20-15(19)13(11-12-7-3-2-4-8-12)16-14(18)9-5-6-10-17/h2-4,7-8,10,13H,5-6,9,11H2,1H3,(H,16,18). The van der Waals surface area contributed by atoms with Gasteiger partial charge in [-0.1, -0.05) is 30.3 Å². The minimum Gasteiger partial charge on any atom is -0.467 e. The number of ether oxygens (including phenoxy) is 1. The molecule has 0 saturated heterocycles. The molecule has 0 fully saturated rings. The molecular weight excluding hydrogens is 258 g/mol. The molecule has 0 aliphatic rings. The van der Waals surface area contributed by atoms with E-state index in [0.29, 0.717) is 19.3 Å². The first kappa shape index (κ1) is 15.9. The quantitative estimate of drug-likeness (QED) is 0.441. The average Bonchev–Trinajstić information content (AvgIpc) is 2.47. The fraction of sp³-hybridized carbons (Fsp3) is 0.400. The minimum atomic E-state index is -0.703. The highest BCUT2D eigenvalue weighted by Crippen LogP contribution is 2.05. The number of hydrogen-bond acceptors (Lipinski definition) is 4. The first-order valence-corrected chi connectivity index (χ1v) is 6.52. The van der Waals surface area contributed by atoms with E-state index in [1.165, 1.54) is 7.11 Å². The smallest absolute Gasteiger partial charge is 0.328 e. The molecule has 1 atom stereocenters. The summed E-state index contributed by atoms with van der Waals surface area (Å²) in [5.41, 5.74) is 0.941. The Kier molecular flexibility index (Phi) is 7.03. The highest BCUT2D eigenvalue weighted by Gasteiger charge is 2.21.